The zero-order valence-corrected chi connectivity index (χ0v) is 19.8. The van der Waals surface area contributed by atoms with Crippen LogP contribution in [0.1, 0.15) is 52.2 Å². The number of nitrogens with zero attached hydrogens (tertiary/aromatic N) is 3. The molecule has 1 N–H and O–H groups in total. The lowest BCUT2D eigenvalue weighted by atomic mass is 10.0. The highest BCUT2D eigenvalue weighted by molar-refractivity contribution is 6.30. The third kappa shape index (κ3) is 6.08. The van der Waals surface area contributed by atoms with Gasteiger partial charge in [-0.25, -0.2) is 14.8 Å². The Morgan fingerprint density at radius 1 is 1.32 bits per heavy atom. The summed E-state index contributed by atoms with van der Waals surface area (Å²) in [6.45, 7) is 12.0. The van der Waals surface area contributed by atoms with E-state index in [1.54, 1.807) is 17.3 Å². The Morgan fingerprint density at radius 2 is 2.00 bits per heavy atom. The Kier molecular flexibility index (Phi) is 6.76. The summed E-state index contributed by atoms with van der Waals surface area (Å²) < 4.78 is 11.5. The zero-order chi connectivity index (χ0) is 22.8. The second-order valence-electron chi connectivity index (χ2n) is 9.30. The number of carbonyl (C=O) groups excluding carboxylic acids is 1. The van der Waals surface area contributed by atoms with Crippen molar-refractivity contribution in [2.45, 2.75) is 71.8 Å². The van der Waals surface area contributed by atoms with Gasteiger partial charge in [-0.3, -0.25) is 4.90 Å². The molecule has 2 aromatic rings. The molecule has 7 nitrogen and oxygen atoms in total. The minimum atomic E-state index is -0.685. The van der Waals surface area contributed by atoms with Gasteiger partial charge in [-0.15, -0.1) is 0 Å². The average Bonchev–Trinajstić information content (AvgIpc) is 2.97. The number of rotatable bonds is 5. The van der Waals surface area contributed by atoms with Crippen LogP contribution in [0, 0.1) is 6.92 Å². The molecule has 1 aliphatic rings. The Bertz CT molecular complexity index is 925. The number of halogens is 1. The van der Waals surface area contributed by atoms with Gasteiger partial charge >= 0.3 is 6.09 Å². The van der Waals surface area contributed by atoms with E-state index >= 15 is 0 Å². The second-order valence-corrected chi connectivity index (χ2v) is 9.74. The van der Waals surface area contributed by atoms with E-state index in [1.807, 2.05) is 47.6 Å². The molecule has 168 valence electrons. The van der Waals surface area contributed by atoms with E-state index in [-0.39, 0.29) is 12.1 Å². The van der Waals surface area contributed by atoms with Crippen molar-refractivity contribution < 1.29 is 14.3 Å². The van der Waals surface area contributed by atoms with Gasteiger partial charge in [-0.2, -0.15) is 0 Å². The minimum absolute atomic E-state index is 0.0366. The van der Waals surface area contributed by atoms with Crippen molar-refractivity contribution in [3.63, 3.8) is 0 Å². The largest absolute Gasteiger partial charge is 0.444 e. The number of nitrogens with one attached hydrogen (secondary N) is 1. The molecule has 0 aliphatic carbocycles. The molecule has 1 unspecified atom stereocenters. The van der Waals surface area contributed by atoms with E-state index in [4.69, 9.17) is 21.1 Å². The number of aryl methyl sites for hydroxylation is 2. The molecule has 0 spiro atoms. The van der Waals surface area contributed by atoms with Crippen molar-refractivity contribution in [3.8, 4) is 0 Å². The Morgan fingerprint density at radius 3 is 2.61 bits per heavy atom. The number of anilines is 2. The smallest absolute Gasteiger partial charge is 0.412 e. The molecule has 1 aliphatic heterocycles. The van der Waals surface area contributed by atoms with Crippen LogP contribution in [0.5, 0.6) is 0 Å². The van der Waals surface area contributed by atoms with E-state index in [9.17, 15) is 4.79 Å². The lowest BCUT2D eigenvalue weighted by Gasteiger charge is -2.35. The maximum Gasteiger partial charge on any atom is 0.412 e. The van der Waals surface area contributed by atoms with Crippen LogP contribution in [0.25, 0.3) is 0 Å². The van der Waals surface area contributed by atoms with Gasteiger partial charge in [0.05, 0.1) is 30.1 Å². The normalized spacial score (nSPS) is 18.2. The molecule has 31 heavy (non-hydrogen) atoms. The highest BCUT2D eigenvalue weighted by Crippen LogP contribution is 2.32. The highest BCUT2D eigenvalue weighted by atomic mass is 35.5. The Balaban J connectivity index is 1.65. The van der Waals surface area contributed by atoms with Gasteiger partial charge < -0.3 is 14.8 Å². The zero-order valence-electron chi connectivity index (χ0n) is 19.0. The molecule has 1 saturated heterocycles. The first-order chi connectivity index (χ1) is 14.4. The van der Waals surface area contributed by atoms with Crippen LogP contribution < -0.4 is 5.32 Å². The molecular weight excluding hydrogens is 416 g/mol. The highest BCUT2D eigenvalue weighted by Gasteiger charge is 2.45. The third-order valence-corrected chi connectivity index (χ3v) is 5.28. The maximum absolute atomic E-state index is 12.8. The van der Waals surface area contributed by atoms with Crippen LogP contribution in [0.2, 0.25) is 5.02 Å². The topological polar surface area (TPSA) is 76.6 Å². The van der Waals surface area contributed by atoms with E-state index in [0.29, 0.717) is 17.6 Å². The molecule has 0 saturated carbocycles. The maximum atomic E-state index is 12.8. The molecule has 1 aromatic heterocycles. The van der Waals surface area contributed by atoms with E-state index in [1.165, 1.54) is 5.56 Å². The third-order valence-electron chi connectivity index (χ3n) is 5.09. The number of aromatic nitrogens is 2. The summed E-state index contributed by atoms with van der Waals surface area (Å²) in [5.41, 5.74) is 1.98. The van der Waals surface area contributed by atoms with E-state index in [0.717, 1.165) is 24.1 Å². The fourth-order valence-corrected chi connectivity index (χ4v) is 3.73. The average molecular weight is 447 g/mol. The summed E-state index contributed by atoms with van der Waals surface area (Å²) in [5.74, 6) is 0.499. The quantitative estimate of drug-likeness (QED) is 0.654. The van der Waals surface area contributed by atoms with Crippen molar-refractivity contribution in [2.75, 3.05) is 11.9 Å². The van der Waals surface area contributed by atoms with Crippen LogP contribution in [0.3, 0.4) is 0 Å². The second kappa shape index (κ2) is 9.01. The Labute approximate surface area is 189 Å². The molecule has 0 bridgehead atoms. The molecule has 3 rings (SSSR count). The fraction of sp³-hybridized carbons (Fsp3) is 0.522. The van der Waals surface area contributed by atoms with Crippen molar-refractivity contribution >= 4 is 29.3 Å². The van der Waals surface area contributed by atoms with Crippen LogP contribution >= 0.6 is 11.6 Å². The molecule has 2 heterocycles. The predicted molar refractivity (Wildman–Crippen MR) is 122 cm³/mol. The van der Waals surface area contributed by atoms with Crippen LogP contribution in [0.15, 0.2) is 30.6 Å². The van der Waals surface area contributed by atoms with Gasteiger partial charge in [0.2, 0.25) is 5.95 Å². The van der Waals surface area contributed by atoms with Crippen LogP contribution in [-0.2, 0) is 15.9 Å². The summed E-state index contributed by atoms with van der Waals surface area (Å²) in [5, 5.41) is 3.71. The number of ether oxygens (including phenoxy) is 2. The minimum Gasteiger partial charge on any atom is -0.444 e. The first-order valence-electron chi connectivity index (χ1n) is 10.4. The standard InChI is InChI=1S/C23H31ClN4O3/c1-15-11-16(8-10-19(15)27-20-25-12-17(24)13-26-20)7-9-18-14-30-23(5,6)28(18)21(29)31-22(2,3)4/h8,10-13,18H,7,9,14H2,1-6H3,(H,25,26,27). The van der Waals surface area contributed by atoms with Crippen LogP contribution in [0.4, 0.5) is 16.4 Å². The van der Waals surface area contributed by atoms with Crippen molar-refractivity contribution in [1.29, 1.82) is 0 Å². The molecular formula is C23H31ClN4O3. The first kappa shape index (κ1) is 23.3. The van der Waals surface area contributed by atoms with E-state index in [2.05, 4.69) is 27.4 Å². The number of hydrogen-bond donors (Lipinski definition) is 1. The molecule has 0 radical (unpaired) electrons. The Hall–Kier alpha value is -2.38. The molecule has 1 amide bonds. The number of benzene rings is 1. The SMILES string of the molecule is Cc1cc(CCC2COC(C)(C)N2C(=O)OC(C)(C)C)ccc1Nc1ncc(Cl)cn1. The van der Waals surface area contributed by atoms with Gasteiger partial charge in [0.15, 0.2) is 0 Å². The molecule has 8 heteroatoms. The van der Waals surface area contributed by atoms with Crippen molar-refractivity contribution in [1.82, 2.24) is 14.9 Å². The van der Waals surface area contributed by atoms with Gasteiger partial charge in [-0.05, 0) is 71.6 Å². The molecule has 1 fully saturated rings. The van der Waals surface area contributed by atoms with Gasteiger partial charge in [0.1, 0.15) is 11.3 Å². The summed E-state index contributed by atoms with van der Waals surface area (Å²) in [6, 6.07) is 6.19. The van der Waals surface area contributed by atoms with Crippen molar-refractivity contribution in [2.24, 2.45) is 0 Å². The monoisotopic (exact) mass is 446 g/mol. The summed E-state index contributed by atoms with van der Waals surface area (Å²) in [7, 11) is 0. The summed E-state index contributed by atoms with van der Waals surface area (Å²) in [4.78, 5) is 22.9. The van der Waals surface area contributed by atoms with Crippen LogP contribution in [-0.4, -0.2) is 44.9 Å². The lowest BCUT2D eigenvalue weighted by Crippen LogP contribution is -2.49. The summed E-state index contributed by atoms with van der Waals surface area (Å²) in [6.07, 6.45) is 4.39. The van der Waals surface area contributed by atoms with Gasteiger partial charge in [-0.1, -0.05) is 23.7 Å². The van der Waals surface area contributed by atoms with Gasteiger partial charge in [0.25, 0.3) is 0 Å². The van der Waals surface area contributed by atoms with E-state index < -0.39 is 11.3 Å². The number of amides is 1. The first-order valence-corrected chi connectivity index (χ1v) is 10.8. The van der Waals surface area contributed by atoms with Gasteiger partial charge in [0, 0.05) is 5.69 Å². The molecule has 1 aromatic carbocycles. The lowest BCUT2D eigenvalue weighted by molar-refractivity contribution is -0.0626. The number of carbonyl (C=O) groups is 1. The summed E-state index contributed by atoms with van der Waals surface area (Å²) >= 11 is 5.84. The molecule has 1 atom stereocenters. The number of hydrogen-bond acceptors (Lipinski definition) is 6. The predicted octanol–water partition coefficient (Wildman–Crippen LogP) is 5.49. The van der Waals surface area contributed by atoms with Crippen molar-refractivity contribution in [3.05, 3.63) is 46.7 Å². The fourth-order valence-electron chi connectivity index (χ4n) is 3.63.